The fourth-order valence-corrected chi connectivity index (χ4v) is 5.15. The number of methoxy groups -OCH3 is 2. The highest BCUT2D eigenvalue weighted by molar-refractivity contribution is 7.98. The second-order valence-corrected chi connectivity index (χ2v) is 9.47. The van der Waals surface area contributed by atoms with Gasteiger partial charge in [-0.25, -0.2) is 0 Å². The van der Waals surface area contributed by atoms with Crippen molar-refractivity contribution in [1.82, 2.24) is 15.1 Å². The second-order valence-electron chi connectivity index (χ2n) is 8.49. The van der Waals surface area contributed by atoms with Gasteiger partial charge >= 0.3 is 0 Å². The molecule has 1 N–H and O–H groups in total. The summed E-state index contributed by atoms with van der Waals surface area (Å²) < 4.78 is 10.7. The molecular weight excluding hydrogens is 430 g/mol. The molecule has 3 rings (SSSR count). The molecule has 0 saturated carbocycles. The normalized spacial score (nSPS) is 18.3. The summed E-state index contributed by atoms with van der Waals surface area (Å²) in [6, 6.07) is 4.78. The van der Waals surface area contributed by atoms with Crippen LogP contribution in [0.4, 0.5) is 0 Å². The minimum absolute atomic E-state index is 0.00245. The number of carbonyl (C=O) groups excluding carboxylic acids is 3. The van der Waals surface area contributed by atoms with Gasteiger partial charge in [0.05, 0.1) is 19.8 Å². The first-order valence-corrected chi connectivity index (χ1v) is 12.3. The molecule has 0 aromatic heterocycles. The highest BCUT2D eigenvalue weighted by atomic mass is 32.2. The van der Waals surface area contributed by atoms with Crippen molar-refractivity contribution in [3.8, 4) is 11.5 Å². The van der Waals surface area contributed by atoms with Gasteiger partial charge in [0.2, 0.25) is 12.3 Å². The first kappa shape index (κ1) is 24.2. The van der Waals surface area contributed by atoms with Crippen LogP contribution in [0.2, 0.25) is 0 Å². The van der Waals surface area contributed by atoms with Crippen molar-refractivity contribution in [2.75, 3.05) is 52.4 Å². The van der Waals surface area contributed by atoms with E-state index in [1.165, 1.54) is 0 Å². The lowest BCUT2D eigenvalue weighted by atomic mass is 9.77. The number of benzene rings is 1. The van der Waals surface area contributed by atoms with Gasteiger partial charge < -0.3 is 24.6 Å². The number of carbonyl (C=O) groups is 3. The number of piperidine rings is 1. The number of nitrogens with one attached hydrogen (secondary N) is 1. The summed E-state index contributed by atoms with van der Waals surface area (Å²) >= 11 is 1.66. The molecule has 2 saturated heterocycles. The van der Waals surface area contributed by atoms with Crippen LogP contribution in [0, 0.1) is 5.41 Å². The molecule has 2 fully saturated rings. The lowest BCUT2D eigenvalue weighted by Gasteiger charge is -2.39. The highest BCUT2D eigenvalue weighted by Gasteiger charge is 2.44. The van der Waals surface area contributed by atoms with Crippen LogP contribution in [-0.2, 0) is 9.59 Å². The minimum Gasteiger partial charge on any atom is -0.497 e. The number of thioether (sulfide) groups is 1. The Hall–Kier alpha value is -2.42. The maximum Gasteiger partial charge on any atom is 0.257 e. The van der Waals surface area contributed by atoms with E-state index in [4.69, 9.17) is 9.47 Å². The summed E-state index contributed by atoms with van der Waals surface area (Å²) in [5.74, 6) is 1.91. The van der Waals surface area contributed by atoms with Gasteiger partial charge in [-0.2, -0.15) is 11.8 Å². The number of rotatable bonds is 9. The van der Waals surface area contributed by atoms with E-state index in [2.05, 4.69) is 5.32 Å². The van der Waals surface area contributed by atoms with E-state index in [1.54, 1.807) is 44.2 Å². The summed E-state index contributed by atoms with van der Waals surface area (Å²) in [7, 11) is 3.13. The summed E-state index contributed by atoms with van der Waals surface area (Å²) in [6.07, 6.45) is 5.87. The SMILES string of the molecule is COc1ccc(OC)c(C(=O)N2CCC3(CC2)CCN(C(=O)C(CCSC)NC=O)C3)c1. The van der Waals surface area contributed by atoms with Crippen LogP contribution in [0.15, 0.2) is 18.2 Å². The van der Waals surface area contributed by atoms with E-state index in [1.807, 2.05) is 16.1 Å². The summed E-state index contributed by atoms with van der Waals surface area (Å²) in [5.41, 5.74) is 0.540. The van der Waals surface area contributed by atoms with Crippen molar-refractivity contribution in [2.24, 2.45) is 5.41 Å². The molecule has 1 unspecified atom stereocenters. The zero-order valence-electron chi connectivity index (χ0n) is 19.1. The first-order valence-electron chi connectivity index (χ1n) is 11.0. The molecule has 9 heteroatoms. The molecule has 2 heterocycles. The number of hydrogen-bond donors (Lipinski definition) is 1. The predicted octanol–water partition coefficient (Wildman–Crippen LogP) is 2.03. The van der Waals surface area contributed by atoms with E-state index < -0.39 is 6.04 Å². The second kappa shape index (κ2) is 10.9. The van der Waals surface area contributed by atoms with E-state index in [9.17, 15) is 14.4 Å². The Balaban J connectivity index is 1.61. The summed E-state index contributed by atoms with van der Waals surface area (Å²) in [4.78, 5) is 40.8. The molecule has 0 radical (unpaired) electrons. The Bertz CT molecular complexity index is 826. The van der Waals surface area contributed by atoms with Crippen LogP contribution in [-0.4, -0.2) is 86.5 Å². The topological polar surface area (TPSA) is 88.2 Å². The fourth-order valence-electron chi connectivity index (χ4n) is 4.68. The van der Waals surface area contributed by atoms with Crippen LogP contribution < -0.4 is 14.8 Å². The quantitative estimate of drug-likeness (QED) is 0.564. The minimum atomic E-state index is -0.461. The van der Waals surface area contributed by atoms with E-state index in [0.717, 1.165) is 25.0 Å². The fraction of sp³-hybridized carbons (Fsp3) is 0.609. The third-order valence-electron chi connectivity index (χ3n) is 6.68. The molecule has 0 aliphatic carbocycles. The Morgan fingerprint density at radius 2 is 1.84 bits per heavy atom. The zero-order chi connectivity index (χ0) is 23.1. The van der Waals surface area contributed by atoms with E-state index in [-0.39, 0.29) is 17.2 Å². The Morgan fingerprint density at radius 1 is 1.16 bits per heavy atom. The zero-order valence-corrected chi connectivity index (χ0v) is 19.9. The van der Waals surface area contributed by atoms with Gasteiger partial charge in [-0.15, -0.1) is 0 Å². The molecule has 2 aliphatic rings. The molecule has 0 bridgehead atoms. The molecule has 3 amide bonds. The molecule has 32 heavy (non-hydrogen) atoms. The monoisotopic (exact) mass is 463 g/mol. The van der Waals surface area contributed by atoms with Gasteiger partial charge in [-0.05, 0) is 61.3 Å². The lowest BCUT2D eigenvalue weighted by Crippen LogP contribution is -2.48. The van der Waals surface area contributed by atoms with Gasteiger partial charge in [0, 0.05) is 26.2 Å². The number of ether oxygens (including phenoxy) is 2. The average molecular weight is 464 g/mol. The van der Waals surface area contributed by atoms with Crippen LogP contribution in [0.5, 0.6) is 11.5 Å². The van der Waals surface area contributed by atoms with Crippen molar-refractivity contribution in [3.63, 3.8) is 0 Å². The molecule has 1 aromatic rings. The van der Waals surface area contributed by atoms with E-state index in [0.29, 0.717) is 56.1 Å². The Labute approximate surface area is 194 Å². The molecular formula is C23H33N3O5S. The maximum atomic E-state index is 13.2. The lowest BCUT2D eigenvalue weighted by molar-refractivity contribution is -0.134. The average Bonchev–Trinajstić information content (AvgIpc) is 3.24. The van der Waals surface area contributed by atoms with Crippen LogP contribution in [0.25, 0.3) is 0 Å². The van der Waals surface area contributed by atoms with Crippen LogP contribution >= 0.6 is 11.8 Å². The van der Waals surface area contributed by atoms with Crippen molar-refractivity contribution in [3.05, 3.63) is 23.8 Å². The predicted molar refractivity (Wildman–Crippen MR) is 124 cm³/mol. The number of hydrogen-bond acceptors (Lipinski definition) is 6. The van der Waals surface area contributed by atoms with E-state index >= 15 is 0 Å². The first-order chi connectivity index (χ1) is 15.5. The molecule has 176 valence electrons. The smallest absolute Gasteiger partial charge is 0.257 e. The Morgan fingerprint density at radius 3 is 2.44 bits per heavy atom. The van der Waals surface area contributed by atoms with Crippen molar-refractivity contribution in [1.29, 1.82) is 0 Å². The summed E-state index contributed by atoms with van der Waals surface area (Å²) in [6.45, 7) is 2.67. The third kappa shape index (κ3) is 5.31. The van der Waals surface area contributed by atoms with Crippen LogP contribution in [0.3, 0.4) is 0 Å². The molecule has 1 spiro atoms. The molecule has 1 aromatic carbocycles. The summed E-state index contributed by atoms with van der Waals surface area (Å²) in [5, 5.41) is 2.69. The van der Waals surface area contributed by atoms with Gasteiger partial charge in [0.25, 0.3) is 5.91 Å². The molecule has 1 atom stereocenters. The number of amides is 3. The highest BCUT2D eigenvalue weighted by Crippen LogP contribution is 2.41. The number of likely N-dealkylation sites (tertiary alicyclic amines) is 2. The Kier molecular flexibility index (Phi) is 8.28. The molecule has 2 aliphatic heterocycles. The van der Waals surface area contributed by atoms with Crippen molar-refractivity contribution in [2.45, 2.75) is 31.7 Å². The number of nitrogens with zero attached hydrogens (tertiary/aromatic N) is 2. The largest absolute Gasteiger partial charge is 0.497 e. The van der Waals surface area contributed by atoms with Gasteiger partial charge in [0.15, 0.2) is 0 Å². The van der Waals surface area contributed by atoms with Crippen molar-refractivity contribution >= 4 is 30.0 Å². The van der Waals surface area contributed by atoms with Crippen LogP contribution in [0.1, 0.15) is 36.0 Å². The van der Waals surface area contributed by atoms with Gasteiger partial charge in [-0.1, -0.05) is 0 Å². The maximum absolute atomic E-state index is 13.2. The van der Waals surface area contributed by atoms with Gasteiger partial charge in [-0.3, -0.25) is 14.4 Å². The molecule has 8 nitrogen and oxygen atoms in total. The van der Waals surface area contributed by atoms with Crippen molar-refractivity contribution < 1.29 is 23.9 Å². The van der Waals surface area contributed by atoms with Gasteiger partial charge in [0.1, 0.15) is 17.5 Å². The standard InChI is InChI=1S/C23H33N3O5S/c1-30-17-4-5-20(31-2)18(14-17)21(28)25-10-7-23(8-11-25)9-12-26(15-23)22(29)19(24-16-27)6-13-32-3/h4-5,14,16,19H,6-13,15H2,1-3H3,(H,24,27). The third-order valence-corrected chi connectivity index (χ3v) is 7.32.